The minimum atomic E-state index is -0.548. The molecule has 0 unspecified atom stereocenters. The summed E-state index contributed by atoms with van der Waals surface area (Å²) in [6, 6.07) is 1.16. The summed E-state index contributed by atoms with van der Waals surface area (Å²) < 4.78 is 15.0. The average molecular weight is 291 g/mol. The summed E-state index contributed by atoms with van der Waals surface area (Å²) in [5.74, 6) is -0.588. The molecule has 2 heterocycles. The second kappa shape index (κ2) is 5.90. The Morgan fingerprint density at radius 1 is 1.43 bits per heavy atom. The molecule has 0 atom stereocenters. The van der Waals surface area contributed by atoms with Crippen LogP contribution in [0.1, 0.15) is 27.3 Å². The predicted molar refractivity (Wildman–Crippen MR) is 77.6 cm³/mol. The molecule has 0 saturated carbocycles. The summed E-state index contributed by atoms with van der Waals surface area (Å²) in [6.45, 7) is 4.16. The monoisotopic (exact) mass is 291 g/mol. The number of hydrogen-bond donors (Lipinski definition) is 2. The molecule has 0 aromatic carbocycles. The zero-order valence-electron chi connectivity index (χ0n) is 12.5. The van der Waals surface area contributed by atoms with Crippen LogP contribution in [-0.2, 0) is 13.6 Å². The fourth-order valence-corrected chi connectivity index (χ4v) is 2.15. The van der Waals surface area contributed by atoms with Crippen molar-refractivity contribution in [1.82, 2.24) is 20.1 Å². The van der Waals surface area contributed by atoms with Gasteiger partial charge in [-0.1, -0.05) is 0 Å². The van der Waals surface area contributed by atoms with Crippen LogP contribution in [0.5, 0.6) is 0 Å². The molecule has 0 radical (unpaired) electrons. The Morgan fingerprint density at radius 3 is 2.71 bits per heavy atom. The molecule has 0 bridgehead atoms. The number of pyridine rings is 1. The van der Waals surface area contributed by atoms with Gasteiger partial charge in [-0.05, 0) is 19.9 Å². The van der Waals surface area contributed by atoms with E-state index in [2.05, 4.69) is 20.7 Å². The molecular formula is C14H18FN5O. The van der Waals surface area contributed by atoms with E-state index < -0.39 is 5.82 Å². The molecular weight excluding hydrogens is 273 g/mol. The lowest BCUT2D eigenvalue weighted by molar-refractivity contribution is 0.0951. The van der Waals surface area contributed by atoms with Crippen LogP contribution in [0.15, 0.2) is 12.3 Å². The second-order valence-electron chi connectivity index (χ2n) is 4.76. The van der Waals surface area contributed by atoms with Crippen molar-refractivity contribution in [3.63, 3.8) is 0 Å². The molecule has 2 rings (SSSR count). The number of halogens is 1. The van der Waals surface area contributed by atoms with Crippen LogP contribution in [0.2, 0.25) is 0 Å². The van der Waals surface area contributed by atoms with Crippen molar-refractivity contribution in [2.24, 2.45) is 7.05 Å². The smallest absolute Gasteiger partial charge is 0.255 e. The molecule has 0 fully saturated rings. The van der Waals surface area contributed by atoms with E-state index in [1.807, 2.05) is 20.9 Å². The van der Waals surface area contributed by atoms with Crippen LogP contribution in [0.3, 0.4) is 0 Å². The summed E-state index contributed by atoms with van der Waals surface area (Å²) in [5, 5.41) is 9.84. The maximum Gasteiger partial charge on any atom is 0.255 e. The lowest BCUT2D eigenvalue weighted by atomic mass is 10.2. The zero-order valence-corrected chi connectivity index (χ0v) is 12.5. The van der Waals surface area contributed by atoms with E-state index in [1.54, 1.807) is 11.7 Å². The topological polar surface area (TPSA) is 71.8 Å². The third-order valence-corrected chi connectivity index (χ3v) is 3.42. The molecule has 6 nitrogen and oxygen atoms in total. The highest BCUT2D eigenvalue weighted by atomic mass is 19.1. The number of hydrogen-bond acceptors (Lipinski definition) is 4. The van der Waals surface area contributed by atoms with Gasteiger partial charge < -0.3 is 10.6 Å². The molecule has 0 aliphatic carbocycles. The van der Waals surface area contributed by atoms with E-state index in [1.165, 1.54) is 0 Å². The fraction of sp³-hybridized carbons (Fsp3) is 0.357. The standard InChI is InChI=1S/C14H18FN5O/c1-8-12(9(2)20(4)19-8)7-18-14(21)11-5-10(15)6-17-13(11)16-3/h5-6H,7H2,1-4H3,(H,16,17)(H,18,21). The molecule has 112 valence electrons. The molecule has 2 N–H and O–H groups in total. The Balaban J connectivity index is 2.17. The molecule has 7 heteroatoms. The minimum Gasteiger partial charge on any atom is -0.372 e. The molecule has 1 amide bonds. The van der Waals surface area contributed by atoms with Crippen LogP contribution in [0, 0.1) is 19.7 Å². The van der Waals surface area contributed by atoms with Gasteiger partial charge in [0.1, 0.15) is 11.6 Å². The Morgan fingerprint density at radius 2 is 2.14 bits per heavy atom. The largest absolute Gasteiger partial charge is 0.372 e. The normalized spacial score (nSPS) is 10.5. The van der Waals surface area contributed by atoms with Gasteiger partial charge in [0.15, 0.2) is 0 Å². The van der Waals surface area contributed by atoms with Gasteiger partial charge in [0.2, 0.25) is 0 Å². The van der Waals surface area contributed by atoms with Gasteiger partial charge in [0.25, 0.3) is 5.91 Å². The van der Waals surface area contributed by atoms with Crippen molar-refractivity contribution in [2.75, 3.05) is 12.4 Å². The number of nitrogens with zero attached hydrogens (tertiary/aromatic N) is 3. The highest BCUT2D eigenvalue weighted by Gasteiger charge is 2.15. The van der Waals surface area contributed by atoms with E-state index >= 15 is 0 Å². The molecule has 0 aliphatic heterocycles. The summed E-state index contributed by atoms with van der Waals surface area (Å²) in [5.41, 5.74) is 2.98. The van der Waals surface area contributed by atoms with E-state index in [0.717, 1.165) is 29.2 Å². The van der Waals surface area contributed by atoms with Gasteiger partial charge >= 0.3 is 0 Å². The van der Waals surface area contributed by atoms with Crippen LogP contribution in [0.4, 0.5) is 10.2 Å². The first kappa shape index (κ1) is 15.0. The number of anilines is 1. The molecule has 0 spiro atoms. The van der Waals surface area contributed by atoms with Gasteiger partial charge in [0, 0.05) is 31.9 Å². The average Bonchev–Trinajstić information content (AvgIpc) is 2.70. The number of rotatable bonds is 4. The third-order valence-electron chi connectivity index (χ3n) is 3.42. The molecule has 2 aromatic heterocycles. The Labute approximate surface area is 122 Å². The maximum atomic E-state index is 13.3. The van der Waals surface area contributed by atoms with Crippen molar-refractivity contribution >= 4 is 11.7 Å². The van der Waals surface area contributed by atoms with Crippen molar-refractivity contribution < 1.29 is 9.18 Å². The predicted octanol–water partition coefficient (Wildman–Crippen LogP) is 1.54. The number of nitrogens with one attached hydrogen (secondary N) is 2. The highest BCUT2D eigenvalue weighted by molar-refractivity contribution is 5.98. The van der Waals surface area contributed by atoms with Crippen LogP contribution >= 0.6 is 0 Å². The lowest BCUT2D eigenvalue weighted by Crippen LogP contribution is -2.24. The molecule has 2 aromatic rings. The van der Waals surface area contributed by atoms with Crippen LogP contribution < -0.4 is 10.6 Å². The number of amides is 1. The molecule has 0 aliphatic rings. The zero-order chi connectivity index (χ0) is 15.6. The summed E-state index contributed by atoms with van der Waals surface area (Å²) >= 11 is 0. The Kier molecular flexibility index (Phi) is 4.21. The number of aryl methyl sites for hydroxylation is 2. The van der Waals surface area contributed by atoms with Crippen molar-refractivity contribution in [3.05, 3.63) is 40.6 Å². The van der Waals surface area contributed by atoms with Crippen molar-refractivity contribution in [1.29, 1.82) is 0 Å². The summed E-state index contributed by atoms with van der Waals surface area (Å²) in [4.78, 5) is 16.0. The van der Waals surface area contributed by atoms with Crippen molar-refractivity contribution in [3.8, 4) is 0 Å². The first-order valence-electron chi connectivity index (χ1n) is 6.54. The Hall–Kier alpha value is -2.44. The van der Waals surface area contributed by atoms with Crippen LogP contribution in [-0.4, -0.2) is 27.7 Å². The van der Waals surface area contributed by atoms with Gasteiger partial charge in [-0.15, -0.1) is 0 Å². The quantitative estimate of drug-likeness (QED) is 0.896. The Bertz CT molecular complexity index is 680. The minimum absolute atomic E-state index is 0.177. The first-order chi connectivity index (χ1) is 9.93. The SMILES string of the molecule is CNc1ncc(F)cc1C(=O)NCc1c(C)nn(C)c1C. The van der Waals surface area contributed by atoms with Gasteiger partial charge in [-0.25, -0.2) is 9.37 Å². The summed E-state index contributed by atoms with van der Waals surface area (Å²) in [7, 11) is 3.48. The van der Waals surface area contributed by atoms with E-state index in [9.17, 15) is 9.18 Å². The fourth-order valence-electron chi connectivity index (χ4n) is 2.15. The third kappa shape index (κ3) is 3.01. The number of carbonyl (C=O) groups excluding carboxylic acids is 1. The lowest BCUT2D eigenvalue weighted by Gasteiger charge is -2.09. The van der Waals surface area contributed by atoms with E-state index in [4.69, 9.17) is 0 Å². The van der Waals surface area contributed by atoms with Gasteiger partial charge in [-0.3, -0.25) is 9.48 Å². The molecule has 21 heavy (non-hydrogen) atoms. The van der Waals surface area contributed by atoms with E-state index in [0.29, 0.717) is 12.4 Å². The maximum absolute atomic E-state index is 13.3. The van der Waals surface area contributed by atoms with Crippen molar-refractivity contribution in [2.45, 2.75) is 20.4 Å². The van der Waals surface area contributed by atoms with Crippen LogP contribution in [0.25, 0.3) is 0 Å². The summed E-state index contributed by atoms with van der Waals surface area (Å²) in [6.07, 6.45) is 1.07. The number of aromatic nitrogens is 3. The number of carbonyl (C=O) groups is 1. The van der Waals surface area contributed by atoms with Gasteiger partial charge in [-0.2, -0.15) is 5.10 Å². The van der Waals surface area contributed by atoms with Gasteiger partial charge in [0.05, 0.1) is 17.5 Å². The first-order valence-corrected chi connectivity index (χ1v) is 6.54. The molecule has 0 saturated heterocycles. The highest BCUT2D eigenvalue weighted by Crippen LogP contribution is 2.15. The van der Waals surface area contributed by atoms with E-state index in [-0.39, 0.29) is 11.5 Å². The second-order valence-corrected chi connectivity index (χ2v) is 4.76.